The van der Waals surface area contributed by atoms with Crippen molar-refractivity contribution in [1.82, 2.24) is 0 Å². The summed E-state index contributed by atoms with van der Waals surface area (Å²) in [5, 5.41) is 0. The third-order valence-corrected chi connectivity index (χ3v) is 6.69. The molecular formula is C16H32. The summed E-state index contributed by atoms with van der Waals surface area (Å²) in [6.07, 6.45) is 4.02. The first-order valence-electron chi connectivity index (χ1n) is 7.15. The second-order valence-electron chi connectivity index (χ2n) is 7.38. The van der Waals surface area contributed by atoms with E-state index < -0.39 is 0 Å². The monoisotopic (exact) mass is 224 g/mol. The van der Waals surface area contributed by atoms with E-state index in [1.807, 2.05) is 0 Å². The van der Waals surface area contributed by atoms with Gasteiger partial charge in [0.15, 0.2) is 0 Å². The Morgan fingerprint density at radius 2 is 1.62 bits per heavy atom. The van der Waals surface area contributed by atoms with Crippen molar-refractivity contribution >= 4 is 0 Å². The first-order valence-corrected chi connectivity index (χ1v) is 7.15. The van der Waals surface area contributed by atoms with Gasteiger partial charge in [-0.2, -0.15) is 0 Å². The van der Waals surface area contributed by atoms with Crippen LogP contribution in [0, 0.1) is 28.1 Å². The Bertz CT molecular complexity index is 253. The van der Waals surface area contributed by atoms with Gasteiger partial charge in [0.05, 0.1) is 0 Å². The molecule has 96 valence electrons. The average molecular weight is 224 g/mol. The average Bonchev–Trinajstić information content (AvgIpc) is 2.37. The standard InChI is InChI=1S/C16H32/c1-9-12(3)16(8)13(4)15(7,10-2)11-14(16,5)6/h12-13H,9-11H2,1-8H3. The molecular weight excluding hydrogens is 192 g/mol. The summed E-state index contributed by atoms with van der Waals surface area (Å²) in [5.74, 6) is 1.65. The summed E-state index contributed by atoms with van der Waals surface area (Å²) in [5.41, 5.74) is 1.51. The van der Waals surface area contributed by atoms with Crippen LogP contribution in [-0.2, 0) is 0 Å². The van der Waals surface area contributed by atoms with Crippen molar-refractivity contribution in [3.63, 3.8) is 0 Å². The first kappa shape index (κ1) is 14.1. The normalized spacial score (nSPS) is 44.6. The molecule has 0 saturated heterocycles. The van der Waals surface area contributed by atoms with Gasteiger partial charge in [-0.1, -0.05) is 68.2 Å². The lowest BCUT2D eigenvalue weighted by molar-refractivity contribution is 0.0135. The van der Waals surface area contributed by atoms with E-state index in [1.165, 1.54) is 19.3 Å². The van der Waals surface area contributed by atoms with Crippen LogP contribution in [-0.4, -0.2) is 0 Å². The van der Waals surface area contributed by atoms with Crippen molar-refractivity contribution in [1.29, 1.82) is 0 Å². The molecule has 0 amide bonds. The molecule has 0 radical (unpaired) electrons. The van der Waals surface area contributed by atoms with E-state index in [9.17, 15) is 0 Å². The van der Waals surface area contributed by atoms with Crippen LogP contribution in [0.1, 0.15) is 74.7 Å². The Hall–Kier alpha value is 0. The fourth-order valence-electron chi connectivity index (χ4n) is 4.61. The summed E-state index contributed by atoms with van der Waals surface area (Å²) < 4.78 is 0. The largest absolute Gasteiger partial charge is 0.0651 e. The van der Waals surface area contributed by atoms with Gasteiger partial charge in [0.25, 0.3) is 0 Å². The Morgan fingerprint density at radius 3 is 1.94 bits per heavy atom. The van der Waals surface area contributed by atoms with E-state index >= 15 is 0 Å². The minimum atomic E-state index is 0.479. The van der Waals surface area contributed by atoms with E-state index in [4.69, 9.17) is 0 Å². The highest BCUT2D eigenvalue weighted by Gasteiger charge is 2.60. The lowest BCUT2D eigenvalue weighted by Gasteiger charge is -2.47. The van der Waals surface area contributed by atoms with Crippen molar-refractivity contribution in [2.24, 2.45) is 28.1 Å². The molecule has 1 rings (SSSR count). The SMILES string of the molecule is CCC(C)C1(C)C(C)C(C)(CC)CC1(C)C. The molecule has 0 N–H and O–H groups in total. The van der Waals surface area contributed by atoms with Gasteiger partial charge >= 0.3 is 0 Å². The fraction of sp³-hybridized carbons (Fsp3) is 1.00. The molecule has 0 aromatic heterocycles. The maximum atomic E-state index is 2.55. The van der Waals surface area contributed by atoms with Gasteiger partial charge in [0.1, 0.15) is 0 Å². The third-order valence-electron chi connectivity index (χ3n) is 6.69. The van der Waals surface area contributed by atoms with Crippen LogP contribution in [0.15, 0.2) is 0 Å². The Morgan fingerprint density at radius 1 is 1.12 bits per heavy atom. The quantitative estimate of drug-likeness (QED) is 0.592. The molecule has 0 nitrogen and oxygen atoms in total. The molecule has 0 spiro atoms. The molecule has 4 unspecified atom stereocenters. The Labute approximate surface area is 103 Å². The topological polar surface area (TPSA) is 0 Å². The van der Waals surface area contributed by atoms with Crippen LogP contribution in [0.3, 0.4) is 0 Å². The second kappa shape index (κ2) is 4.03. The van der Waals surface area contributed by atoms with E-state index in [0.717, 1.165) is 11.8 Å². The first-order chi connectivity index (χ1) is 7.15. The van der Waals surface area contributed by atoms with Gasteiger partial charge < -0.3 is 0 Å². The molecule has 1 aliphatic carbocycles. The molecule has 1 aliphatic rings. The van der Waals surface area contributed by atoms with Crippen molar-refractivity contribution in [2.75, 3.05) is 0 Å². The Balaban J connectivity index is 3.18. The van der Waals surface area contributed by atoms with Crippen molar-refractivity contribution in [3.05, 3.63) is 0 Å². The van der Waals surface area contributed by atoms with E-state index in [-0.39, 0.29) is 0 Å². The highest BCUT2D eigenvalue weighted by Crippen LogP contribution is 2.67. The molecule has 0 aromatic carbocycles. The molecule has 0 heteroatoms. The summed E-state index contributed by atoms with van der Waals surface area (Å²) in [7, 11) is 0. The zero-order valence-corrected chi connectivity index (χ0v) is 12.8. The molecule has 4 atom stereocenters. The Kier molecular flexibility index (Phi) is 3.54. The van der Waals surface area contributed by atoms with E-state index in [0.29, 0.717) is 16.2 Å². The third kappa shape index (κ3) is 1.64. The van der Waals surface area contributed by atoms with Crippen molar-refractivity contribution < 1.29 is 0 Å². The predicted molar refractivity (Wildman–Crippen MR) is 73.5 cm³/mol. The van der Waals surface area contributed by atoms with Crippen LogP contribution < -0.4 is 0 Å². The van der Waals surface area contributed by atoms with Gasteiger partial charge in [-0.15, -0.1) is 0 Å². The number of hydrogen-bond acceptors (Lipinski definition) is 0. The van der Waals surface area contributed by atoms with Crippen molar-refractivity contribution in [2.45, 2.75) is 74.7 Å². The molecule has 0 aliphatic heterocycles. The molecule has 1 fully saturated rings. The molecule has 0 bridgehead atoms. The minimum Gasteiger partial charge on any atom is -0.0651 e. The van der Waals surface area contributed by atoms with Gasteiger partial charge in [-0.05, 0) is 34.5 Å². The maximum Gasteiger partial charge on any atom is -0.0218 e. The van der Waals surface area contributed by atoms with Gasteiger partial charge in [0, 0.05) is 0 Å². The molecule has 16 heavy (non-hydrogen) atoms. The zero-order chi connectivity index (χ0) is 12.8. The summed E-state index contributed by atoms with van der Waals surface area (Å²) in [6, 6.07) is 0. The number of rotatable bonds is 3. The van der Waals surface area contributed by atoms with E-state index in [1.54, 1.807) is 0 Å². The lowest BCUT2D eigenvalue weighted by Crippen LogP contribution is -2.40. The van der Waals surface area contributed by atoms with Crippen LogP contribution in [0.25, 0.3) is 0 Å². The molecule has 1 saturated carbocycles. The maximum absolute atomic E-state index is 2.55. The van der Waals surface area contributed by atoms with Gasteiger partial charge in [-0.25, -0.2) is 0 Å². The van der Waals surface area contributed by atoms with Gasteiger partial charge in [-0.3, -0.25) is 0 Å². The highest BCUT2D eigenvalue weighted by atomic mass is 14.6. The van der Waals surface area contributed by atoms with Gasteiger partial charge in [0.2, 0.25) is 0 Å². The van der Waals surface area contributed by atoms with Crippen LogP contribution in [0.4, 0.5) is 0 Å². The zero-order valence-electron chi connectivity index (χ0n) is 12.8. The highest BCUT2D eigenvalue weighted by molar-refractivity contribution is 5.08. The predicted octanol–water partition coefficient (Wildman–Crippen LogP) is 5.52. The van der Waals surface area contributed by atoms with Crippen LogP contribution >= 0.6 is 0 Å². The lowest BCUT2D eigenvalue weighted by atomic mass is 9.58. The van der Waals surface area contributed by atoms with Crippen molar-refractivity contribution in [3.8, 4) is 0 Å². The molecule has 0 heterocycles. The molecule has 0 aromatic rings. The number of hydrogen-bond donors (Lipinski definition) is 0. The van der Waals surface area contributed by atoms with Crippen LogP contribution in [0.5, 0.6) is 0 Å². The summed E-state index contributed by atoms with van der Waals surface area (Å²) in [6.45, 7) is 19.7. The fourth-order valence-corrected chi connectivity index (χ4v) is 4.61. The summed E-state index contributed by atoms with van der Waals surface area (Å²) in [4.78, 5) is 0. The minimum absolute atomic E-state index is 0.479. The van der Waals surface area contributed by atoms with E-state index in [2.05, 4.69) is 55.4 Å². The van der Waals surface area contributed by atoms with Crippen LogP contribution in [0.2, 0.25) is 0 Å². The smallest absolute Gasteiger partial charge is 0.0218 e. The summed E-state index contributed by atoms with van der Waals surface area (Å²) >= 11 is 0. The second-order valence-corrected chi connectivity index (χ2v) is 7.38.